The third kappa shape index (κ3) is 3.97. The Morgan fingerprint density at radius 2 is 2.09 bits per heavy atom. The summed E-state index contributed by atoms with van der Waals surface area (Å²) >= 11 is 0. The van der Waals surface area contributed by atoms with Crippen molar-refractivity contribution >= 4 is 0 Å². The van der Waals surface area contributed by atoms with E-state index < -0.39 is 0 Å². The van der Waals surface area contributed by atoms with E-state index in [9.17, 15) is 0 Å². The van der Waals surface area contributed by atoms with Gasteiger partial charge in [0.25, 0.3) is 0 Å². The van der Waals surface area contributed by atoms with E-state index in [1.807, 2.05) is 13.8 Å². The SMILES string of the molecule is CCC(C#N)NC(CC)CO. The van der Waals surface area contributed by atoms with Gasteiger partial charge in [-0.25, -0.2) is 0 Å². The summed E-state index contributed by atoms with van der Waals surface area (Å²) in [6.07, 6.45) is 1.64. The lowest BCUT2D eigenvalue weighted by molar-refractivity contribution is 0.233. The molecular weight excluding hydrogens is 140 g/mol. The molecule has 2 unspecified atom stereocenters. The molecule has 0 aromatic rings. The minimum absolute atomic E-state index is 0.0691. The summed E-state index contributed by atoms with van der Waals surface area (Å²) < 4.78 is 0. The summed E-state index contributed by atoms with van der Waals surface area (Å²) in [5.74, 6) is 0. The Balaban J connectivity index is 3.70. The van der Waals surface area contributed by atoms with Crippen molar-refractivity contribution in [2.24, 2.45) is 0 Å². The van der Waals surface area contributed by atoms with Crippen molar-refractivity contribution in [1.29, 1.82) is 5.26 Å². The van der Waals surface area contributed by atoms with E-state index in [0.29, 0.717) is 0 Å². The van der Waals surface area contributed by atoms with Gasteiger partial charge in [0.05, 0.1) is 18.7 Å². The highest BCUT2D eigenvalue weighted by Gasteiger charge is 2.09. The fraction of sp³-hybridized carbons (Fsp3) is 0.875. The van der Waals surface area contributed by atoms with E-state index in [4.69, 9.17) is 10.4 Å². The highest BCUT2D eigenvalue weighted by Crippen LogP contribution is 1.94. The van der Waals surface area contributed by atoms with Gasteiger partial charge in [0.1, 0.15) is 0 Å². The normalized spacial score (nSPS) is 15.5. The highest BCUT2D eigenvalue weighted by atomic mass is 16.3. The van der Waals surface area contributed by atoms with Crippen molar-refractivity contribution in [3.63, 3.8) is 0 Å². The van der Waals surface area contributed by atoms with Gasteiger partial charge in [-0.15, -0.1) is 0 Å². The molecule has 0 fully saturated rings. The summed E-state index contributed by atoms with van der Waals surface area (Å²) in [6.45, 7) is 4.04. The lowest BCUT2D eigenvalue weighted by atomic mass is 10.2. The van der Waals surface area contributed by atoms with Crippen LogP contribution in [-0.2, 0) is 0 Å². The highest BCUT2D eigenvalue weighted by molar-refractivity contribution is 4.90. The van der Waals surface area contributed by atoms with Crippen molar-refractivity contribution < 1.29 is 5.11 Å². The zero-order chi connectivity index (χ0) is 8.69. The predicted molar refractivity (Wildman–Crippen MR) is 44.0 cm³/mol. The summed E-state index contributed by atoms with van der Waals surface area (Å²) in [5.41, 5.74) is 0. The second-order valence-electron chi connectivity index (χ2n) is 2.54. The monoisotopic (exact) mass is 156 g/mol. The zero-order valence-electron chi connectivity index (χ0n) is 7.17. The third-order valence-corrected chi connectivity index (χ3v) is 1.71. The van der Waals surface area contributed by atoms with Crippen LogP contribution in [0.15, 0.2) is 0 Å². The molecule has 3 heteroatoms. The summed E-state index contributed by atoms with van der Waals surface area (Å²) in [5, 5.41) is 20.4. The first-order valence-electron chi connectivity index (χ1n) is 4.04. The molecule has 0 amide bonds. The van der Waals surface area contributed by atoms with Gasteiger partial charge in [0.2, 0.25) is 0 Å². The van der Waals surface area contributed by atoms with Crippen molar-refractivity contribution in [3.05, 3.63) is 0 Å². The molecule has 0 spiro atoms. The Hall–Kier alpha value is -0.590. The molecule has 0 bridgehead atoms. The van der Waals surface area contributed by atoms with E-state index in [-0.39, 0.29) is 18.7 Å². The Morgan fingerprint density at radius 1 is 1.45 bits per heavy atom. The molecule has 0 aliphatic rings. The number of nitrogens with zero attached hydrogens (tertiary/aromatic N) is 1. The molecule has 0 aromatic heterocycles. The van der Waals surface area contributed by atoms with E-state index in [1.54, 1.807) is 0 Å². The standard InChI is InChI=1S/C8H16N2O/c1-3-7(5-9)10-8(4-2)6-11/h7-8,10-11H,3-4,6H2,1-2H3. The van der Waals surface area contributed by atoms with Crippen LogP contribution in [0.25, 0.3) is 0 Å². The fourth-order valence-corrected chi connectivity index (χ4v) is 0.831. The maximum atomic E-state index is 8.79. The van der Waals surface area contributed by atoms with E-state index in [0.717, 1.165) is 12.8 Å². The van der Waals surface area contributed by atoms with Crippen LogP contribution in [-0.4, -0.2) is 23.8 Å². The van der Waals surface area contributed by atoms with Crippen LogP contribution in [0.4, 0.5) is 0 Å². The number of aliphatic hydroxyl groups is 1. The quantitative estimate of drug-likeness (QED) is 0.614. The van der Waals surface area contributed by atoms with Crippen LogP contribution in [0.2, 0.25) is 0 Å². The average Bonchev–Trinajstić information content (AvgIpc) is 2.07. The van der Waals surface area contributed by atoms with Crippen LogP contribution >= 0.6 is 0 Å². The molecule has 0 saturated heterocycles. The van der Waals surface area contributed by atoms with Crippen LogP contribution in [0.1, 0.15) is 26.7 Å². The summed E-state index contributed by atoms with van der Waals surface area (Å²) in [4.78, 5) is 0. The molecule has 2 N–H and O–H groups in total. The van der Waals surface area contributed by atoms with Gasteiger partial charge in [-0.3, -0.25) is 5.32 Å². The molecule has 11 heavy (non-hydrogen) atoms. The minimum Gasteiger partial charge on any atom is -0.395 e. The topological polar surface area (TPSA) is 56.0 Å². The molecule has 2 atom stereocenters. The molecule has 0 radical (unpaired) electrons. The molecule has 3 nitrogen and oxygen atoms in total. The largest absolute Gasteiger partial charge is 0.395 e. The first-order valence-corrected chi connectivity index (χ1v) is 4.04. The Morgan fingerprint density at radius 3 is 2.36 bits per heavy atom. The smallest absolute Gasteiger partial charge is 0.0953 e. The number of rotatable bonds is 5. The molecule has 0 aliphatic heterocycles. The van der Waals surface area contributed by atoms with E-state index in [2.05, 4.69) is 11.4 Å². The summed E-state index contributed by atoms with van der Waals surface area (Å²) in [7, 11) is 0. The molecule has 0 saturated carbocycles. The number of nitriles is 1. The van der Waals surface area contributed by atoms with E-state index >= 15 is 0 Å². The molecular formula is C8H16N2O. The van der Waals surface area contributed by atoms with Gasteiger partial charge >= 0.3 is 0 Å². The predicted octanol–water partition coefficient (Wildman–Crippen LogP) is 0.649. The van der Waals surface area contributed by atoms with Crippen LogP contribution in [0, 0.1) is 11.3 Å². The lowest BCUT2D eigenvalue weighted by Gasteiger charge is -2.16. The minimum atomic E-state index is -0.118. The Bertz CT molecular complexity index is 127. The van der Waals surface area contributed by atoms with Gasteiger partial charge in [0, 0.05) is 6.04 Å². The first kappa shape index (κ1) is 10.4. The van der Waals surface area contributed by atoms with Gasteiger partial charge < -0.3 is 5.11 Å². The van der Waals surface area contributed by atoms with Crippen LogP contribution in [0.5, 0.6) is 0 Å². The number of nitrogens with one attached hydrogen (secondary N) is 1. The van der Waals surface area contributed by atoms with Crippen molar-refractivity contribution in [3.8, 4) is 6.07 Å². The zero-order valence-corrected chi connectivity index (χ0v) is 7.17. The maximum absolute atomic E-state index is 8.79. The fourth-order valence-electron chi connectivity index (χ4n) is 0.831. The van der Waals surface area contributed by atoms with Crippen molar-refractivity contribution in [2.75, 3.05) is 6.61 Å². The van der Waals surface area contributed by atoms with Gasteiger partial charge in [-0.2, -0.15) is 5.26 Å². The molecule has 0 aromatic carbocycles. The number of aliphatic hydroxyl groups excluding tert-OH is 1. The van der Waals surface area contributed by atoms with Gasteiger partial charge in [-0.05, 0) is 12.8 Å². The van der Waals surface area contributed by atoms with Gasteiger partial charge in [0.15, 0.2) is 0 Å². The first-order chi connectivity index (χ1) is 5.28. The number of hydrogen-bond donors (Lipinski definition) is 2. The Kier molecular flexibility index (Phi) is 5.81. The average molecular weight is 156 g/mol. The molecule has 0 aliphatic carbocycles. The second kappa shape index (κ2) is 6.14. The molecule has 0 rings (SSSR count). The van der Waals surface area contributed by atoms with E-state index in [1.165, 1.54) is 0 Å². The van der Waals surface area contributed by atoms with Gasteiger partial charge in [-0.1, -0.05) is 13.8 Å². The maximum Gasteiger partial charge on any atom is 0.0953 e. The summed E-state index contributed by atoms with van der Waals surface area (Å²) in [6, 6.07) is 2.08. The van der Waals surface area contributed by atoms with Crippen molar-refractivity contribution in [2.45, 2.75) is 38.8 Å². The Labute approximate surface area is 68.0 Å². The van der Waals surface area contributed by atoms with Crippen molar-refractivity contribution in [1.82, 2.24) is 5.32 Å². The third-order valence-electron chi connectivity index (χ3n) is 1.71. The molecule has 64 valence electrons. The number of hydrogen-bond acceptors (Lipinski definition) is 3. The molecule has 0 heterocycles. The second-order valence-corrected chi connectivity index (χ2v) is 2.54. The van der Waals surface area contributed by atoms with Crippen LogP contribution in [0.3, 0.4) is 0 Å². The van der Waals surface area contributed by atoms with Crippen LogP contribution < -0.4 is 5.32 Å². The lowest BCUT2D eigenvalue weighted by Crippen LogP contribution is -2.38.